The number of aryl methyl sites for hydroxylation is 1. The highest BCUT2D eigenvalue weighted by atomic mass is 32.1. The lowest BCUT2D eigenvalue weighted by molar-refractivity contribution is -0.118. The number of carbonyl (C=O) groups is 1. The SMILES string of the molecule is CCC(=O)Cc1ccc(C)cc1S. The van der Waals surface area contributed by atoms with E-state index in [1.54, 1.807) is 0 Å². The maximum Gasteiger partial charge on any atom is 0.137 e. The van der Waals surface area contributed by atoms with E-state index in [0.29, 0.717) is 12.8 Å². The highest BCUT2D eigenvalue weighted by Crippen LogP contribution is 2.16. The maximum absolute atomic E-state index is 11.2. The molecule has 0 N–H and O–H groups in total. The lowest BCUT2D eigenvalue weighted by Crippen LogP contribution is -2.01. The molecule has 0 heterocycles. The van der Waals surface area contributed by atoms with Gasteiger partial charge in [0.2, 0.25) is 0 Å². The molecule has 0 saturated carbocycles. The van der Waals surface area contributed by atoms with Gasteiger partial charge in [0.25, 0.3) is 0 Å². The molecule has 0 aromatic heterocycles. The Kier molecular flexibility index (Phi) is 3.55. The van der Waals surface area contributed by atoms with Crippen molar-refractivity contribution in [3.8, 4) is 0 Å². The van der Waals surface area contributed by atoms with Crippen molar-refractivity contribution in [1.82, 2.24) is 0 Å². The minimum absolute atomic E-state index is 0.263. The Bertz CT molecular complexity index is 318. The van der Waals surface area contributed by atoms with Crippen molar-refractivity contribution in [2.24, 2.45) is 0 Å². The molecule has 0 spiro atoms. The van der Waals surface area contributed by atoms with Gasteiger partial charge in [-0.3, -0.25) is 4.79 Å². The van der Waals surface area contributed by atoms with Crippen molar-refractivity contribution in [2.75, 3.05) is 0 Å². The summed E-state index contributed by atoms with van der Waals surface area (Å²) >= 11 is 4.33. The van der Waals surface area contributed by atoms with Gasteiger partial charge in [0.1, 0.15) is 5.78 Å². The summed E-state index contributed by atoms with van der Waals surface area (Å²) in [6.07, 6.45) is 1.11. The van der Waals surface area contributed by atoms with Crippen LogP contribution in [-0.4, -0.2) is 5.78 Å². The van der Waals surface area contributed by atoms with Crippen LogP contribution in [-0.2, 0) is 11.2 Å². The summed E-state index contributed by atoms with van der Waals surface area (Å²) in [5.74, 6) is 0.263. The Morgan fingerprint density at radius 3 is 2.69 bits per heavy atom. The van der Waals surface area contributed by atoms with Crippen molar-refractivity contribution >= 4 is 18.4 Å². The Balaban J connectivity index is 2.83. The Hall–Kier alpha value is -0.760. The minimum atomic E-state index is 0.263. The summed E-state index contributed by atoms with van der Waals surface area (Å²) in [4.78, 5) is 12.1. The lowest BCUT2D eigenvalue weighted by Gasteiger charge is -2.04. The predicted octanol–water partition coefficient (Wildman–Crippen LogP) is 2.81. The molecule has 0 aliphatic carbocycles. The number of thiol groups is 1. The van der Waals surface area contributed by atoms with Crippen LogP contribution in [0.2, 0.25) is 0 Å². The molecule has 70 valence electrons. The molecule has 0 saturated heterocycles. The molecule has 1 aromatic carbocycles. The summed E-state index contributed by atoms with van der Waals surface area (Å²) < 4.78 is 0. The van der Waals surface area contributed by atoms with Gasteiger partial charge in [0, 0.05) is 17.7 Å². The standard InChI is InChI=1S/C11H14OS/c1-3-10(12)7-9-5-4-8(2)6-11(9)13/h4-6,13H,3,7H2,1-2H3. The van der Waals surface area contributed by atoms with Crippen LogP contribution in [0.4, 0.5) is 0 Å². The first-order valence-electron chi connectivity index (χ1n) is 4.43. The maximum atomic E-state index is 11.2. The first-order chi connectivity index (χ1) is 6.13. The minimum Gasteiger partial charge on any atom is -0.299 e. The monoisotopic (exact) mass is 194 g/mol. The number of rotatable bonds is 3. The van der Waals surface area contributed by atoms with E-state index in [-0.39, 0.29) is 5.78 Å². The summed E-state index contributed by atoms with van der Waals surface area (Å²) in [7, 11) is 0. The Labute approximate surface area is 84.6 Å². The van der Waals surface area contributed by atoms with Gasteiger partial charge in [-0.05, 0) is 18.6 Å². The average Bonchev–Trinajstić information content (AvgIpc) is 2.09. The van der Waals surface area contributed by atoms with Gasteiger partial charge in [-0.2, -0.15) is 0 Å². The summed E-state index contributed by atoms with van der Waals surface area (Å²) in [6, 6.07) is 5.98. The van der Waals surface area contributed by atoms with E-state index in [0.717, 1.165) is 10.5 Å². The zero-order valence-corrected chi connectivity index (χ0v) is 8.90. The normalized spacial score (nSPS) is 10.1. The van der Waals surface area contributed by atoms with Crippen LogP contribution in [0.3, 0.4) is 0 Å². The van der Waals surface area contributed by atoms with Gasteiger partial charge in [-0.15, -0.1) is 12.6 Å². The van der Waals surface area contributed by atoms with Crippen molar-refractivity contribution in [1.29, 1.82) is 0 Å². The van der Waals surface area contributed by atoms with Crippen LogP contribution in [0.1, 0.15) is 24.5 Å². The number of hydrogen-bond acceptors (Lipinski definition) is 2. The summed E-state index contributed by atoms with van der Waals surface area (Å²) in [5.41, 5.74) is 2.21. The molecule has 0 amide bonds. The molecule has 0 aliphatic heterocycles. The smallest absolute Gasteiger partial charge is 0.137 e. The number of hydrogen-bond donors (Lipinski definition) is 1. The van der Waals surface area contributed by atoms with E-state index in [4.69, 9.17) is 0 Å². The Morgan fingerprint density at radius 2 is 2.15 bits per heavy atom. The molecule has 0 radical (unpaired) electrons. The van der Waals surface area contributed by atoms with Gasteiger partial charge >= 0.3 is 0 Å². The Morgan fingerprint density at radius 1 is 1.46 bits per heavy atom. The van der Waals surface area contributed by atoms with Gasteiger partial charge in [0.15, 0.2) is 0 Å². The fraction of sp³-hybridized carbons (Fsp3) is 0.364. The van der Waals surface area contributed by atoms with Gasteiger partial charge < -0.3 is 0 Å². The zero-order valence-electron chi connectivity index (χ0n) is 8.00. The second kappa shape index (κ2) is 4.47. The molecule has 2 heteroatoms. The number of benzene rings is 1. The van der Waals surface area contributed by atoms with Crippen LogP contribution in [0, 0.1) is 6.92 Å². The fourth-order valence-electron chi connectivity index (χ4n) is 1.16. The van der Waals surface area contributed by atoms with Crippen molar-refractivity contribution < 1.29 is 4.79 Å². The van der Waals surface area contributed by atoms with Crippen LogP contribution >= 0.6 is 12.6 Å². The first-order valence-corrected chi connectivity index (χ1v) is 4.88. The molecule has 1 aromatic rings. The van der Waals surface area contributed by atoms with E-state index >= 15 is 0 Å². The third-order valence-corrected chi connectivity index (χ3v) is 2.44. The van der Waals surface area contributed by atoms with Crippen LogP contribution < -0.4 is 0 Å². The van der Waals surface area contributed by atoms with E-state index in [2.05, 4.69) is 12.6 Å². The van der Waals surface area contributed by atoms with Crippen molar-refractivity contribution in [3.05, 3.63) is 29.3 Å². The average molecular weight is 194 g/mol. The number of Topliss-reactive ketones (excluding diaryl/α,β-unsaturated/α-hetero) is 1. The van der Waals surface area contributed by atoms with Gasteiger partial charge in [-0.25, -0.2) is 0 Å². The topological polar surface area (TPSA) is 17.1 Å². The van der Waals surface area contributed by atoms with E-state index < -0.39 is 0 Å². The van der Waals surface area contributed by atoms with E-state index in [9.17, 15) is 4.79 Å². The van der Waals surface area contributed by atoms with E-state index in [1.165, 1.54) is 5.56 Å². The second-order valence-corrected chi connectivity index (χ2v) is 3.68. The van der Waals surface area contributed by atoms with Gasteiger partial charge in [0.05, 0.1) is 0 Å². The summed E-state index contributed by atoms with van der Waals surface area (Å²) in [6.45, 7) is 3.90. The molecule has 0 unspecified atom stereocenters. The van der Waals surface area contributed by atoms with E-state index in [1.807, 2.05) is 32.0 Å². The van der Waals surface area contributed by atoms with Crippen LogP contribution in [0.15, 0.2) is 23.1 Å². The second-order valence-electron chi connectivity index (χ2n) is 3.20. The highest BCUT2D eigenvalue weighted by molar-refractivity contribution is 7.80. The number of carbonyl (C=O) groups excluding carboxylic acids is 1. The van der Waals surface area contributed by atoms with Crippen molar-refractivity contribution in [3.63, 3.8) is 0 Å². The molecule has 1 nitrogen and oxygen atoms in total. The van der Waals surface area contributed by atoms with Crippen LogP contribution in [0.5, 0.6) is 0 Å². The number of ketones is 1. The molecule has 0 fully saturated rings. The molecular weight excluding hydrogens is 180 g/mol. The quantitative estimate of drug-likeness (QED) is 0.732. The molecule has 0 bridgehead atoms. The fourth-order valence-corrected chi connectivity index (χ4v) is 1.52. The third kappa shape index (κ3) is 2.88. The van der Waals surface area contributed by atoms with Crippen LogP contribution in [0.25, 0.3) is 0 Å². The summed E-state index contributed by atoms with van der Waals surface area (Å²) in [5, 5.41) is 0. The lowest BCUT2D eigenvalue weighted by atomic mass is 10.1. The first kappa shape index (κ1) is 10.3. The molecule has 13 heavy (non-hydrogen) atoms. The van der Waals surface area contributed by atoms with Crippen molar-refractivity contribution in [2.45, 2.75) is 31.6 Å². The zero-order chi connectivity index (χ0) is 9.84. The highest BCUT2D eigenvalue weighted by Gasteiger charge is 2.03. The largest absolute Gasteiger partial charge is 0.299 e. The third-order valence-electron chi connectivity index (χ3n) is 2.02. The predicted molar refractivity (Wildman–Crippen MR) is 57.4 cm³/mol. The molecule has 0 aliphatic rings. The molecule has 1 rings (SSSR count). The molecular formula is C11H14OS. The molecule has 0 atom stereocenters. The van der Waals surface area contributed by atoms with Gasteiger partial charge in [-0.1, -0.05) is 24.6 Å².